The van der Waals surface area contributed by atoms with E-state index in [-0.39, 0.29) is 0 Å². The highest BCUT2D eigenvalue weighted by Crippen LogP contribution is 2.34. The fourth-order valence-corrected chi connectivity index (χ4v) is 2.48. The summed E-state index contributed by atoms with van der Waals surface area (Å²) in [6, 6.07) is 14.2. The number of aliphatic hydroxyl groups is 1. The van der Waals surface area contributed by atoms with E-state index < -0.39 is 5.60 Å². The molecule has 0 saturated carbocycles. The van der Waals surface area contributed by atoms with Crippen LogP contribution in [0.4, 0.5) is 0 Å². The van der Waals surface area contributed by atoms with E-state index >= 15 is 0 Å². The molecule has 20 heavy (non-hydrogen) atoms. The van der Waals surface area contributed by atoms with E-state index in [1.165, 1.54) is 0 Å². The zero-order valence-electron chi connectivity index (χ0n) is 10.7. The van der Waals surface area contributed by atoms with Crippen LogP contribution in [0.5, 0.6) is 0 Å². The largest absolute Gasteiger partial charge is 0.458 e. The van der Waals surface area contributed by atoms with Crippen molar-refractivity contribution in [1.29, 1.82) is 0 Å². The van der Waals surface area contributed by atoms with Crippen molar-refractivity contribution >= 4 is 34.2 Å². The van der Waals surface area contributed by atoms with Crippen molar-refractivity contribution in [2.75, 3.05) is 0 Å². The van der Waals surface area contributed by atoms with Gasteiger partial charge in [0, 0.05) is 15.4 Å². The molecule has 3 rings (SSSR count). The fraction of sp³-hybridized carbons (Fsp3) is 0.125. The molecule has 0 aliphatic rings. The van der Waals surface area contributed by atoms with Gasteiger partial charge in [-0.25, -0.2) is 0 Å². The van der Waals surface area contributed by atoms with Crippen molar-refractivity contribution < 1.29 is 9.52 Å². The molecule has 4 heteroatoms. The quantitative estimate of drug-likeness (QED) is 0.723. The molecule has 1 aromatic heterocycles. The smallest absolute Gasteiger partial charge is 0.144 e. The second-order valence-electron chi connectivity index (χ2n) is 4.87. The van der Waals surface area contributed by atoms with Gasteiger partial charge in [0.2, 0.25) is 0 Å². The van der Waals surface area contributed by atoms with Crippen molar-refractivity contribution in [2.24, 2.45) is 0 Å². The highest BCUT2D eigenvalue weighted by Gasteiger charge is 2.29. The first kappa shape index (κ1) is 13.5. The number of rotatable bonds is 2. The van der Waals surface area contributed by atoms with E-state index in [2.05, 4.69) is 0 Å². The van der Waals surface area contributed by atoms with Crippen molar-refractivity contribution in [3.63, 3.8) is 0 Å². The Hall–Kier alpha value is -1.48. The number of halogens is 2. The Morgan fingerprint density at radius 3 is 2.30 bits per heavy atom. The Kier molecular flexibility index (Phi) is 3.25. The SMILES string of the molecule is CC(O)(c1ccc(Cl)cc1)c1cc2cc(Cl)ccc2o1. The van der Waals surface area contributed by atoms with Gasteiger partial charge in [-0.2, -0.15) is 0 Å². The minimum absolute atomic E-state index is 0.470. The molecule has 0 bridgehead atoms. The molecule has 1 unspecified atom stereocenters. The molecule has 1 heterocycles. The molecule has 0 aliphatic carbocycles. The number of hydrogen-bond acceptors (Lipinski definition) is 2. The van der Waals surface area contributed by atoms with Gasteiger partial charge < -0.3 is 9.52 Å². The lowest BCUT2D eigenvalue weighted by atomic mass is 9.93. The van der Waals surface area contributed by atoms with Crippen LogP contribution in [0.15, 0.2) is 52.9 Å². The number of furan rings is 1. The number of benzene rings is 2. The van der Waals surface area contributed by atoms with Gasteiger partial charge in [0.05, 0.1) is 0 Å². The molecule has 0 spiro atoms. The van der Waals surface area contributed by atoms with Crippen LogP contribution in [0.3, 0.4) is 0 Å². The van der Waals surface area contributed by atoms with Gasteiger partial charge >= 0.3 is 0 Å². The summed E-state index contributed by atoms with van der Waals surface area (Å²) < 4.78 is 5.73. The van der Waals surface area contributed by atoms with Crippen LogP contribution in [0, 0.1) is 0 Å². The highest BCUT2D eigenvalue weighted by atomic mass is 35.5. The van der Waals surface area contributed by atoms with Crippen LogP contribution >= 0.6 is 23.2 Å². The first-order valence-electron chi connectivity index (χ1n) is 6.15. The van der Waals surface area contributed by atoms with E-state index in [1.807, 2.05) is 6.07 Å². The molecule has 0 saturated heterocycles. The molecule has 1 N–H and O–H groups in total. The van der Waals surface area contributed by atoms with Crippen LogP contribution < -0.4 is 0 Å². The molecule has 2 nitrogen and oxygen atoms in total. The monoisotopic (exact) mass is 306 g/mol. The van der Waals surface area contributed by atoms with E-state index in [1.54, 1.807) is 49.4 Å². The molecular formula is C16H12Cl2O2. The summed E-state index contributed by atoms with van der Waals surface area (Å²) in [5.41, 5.74) is 0.182. The molecule has 1 atom stereocenters. The van der Waals surface area contributed by atoms with Gasteiger partial charge in [-0.3, -0.25) is 0 Å². The third-order valence-electron chi connectivity index (χ3n) is 3.36. The number of fused-ring (bicyclic) bond motifs is 1. The lowest BCUT2D eigenvalue weighted by Crippen LogP contribution is -2.21. The summed E-state index contributed by atoms with van der Waals surface area (Å²) in [5, 5.41) is 12.9. The molecule has 0 amide bonds. The summed E-state index contributed by atoms with van der Waals surface area (Å²) >= 11 is 11.8. The second kappa shape index (κ2) is 4.81. The first-order chi connectivity index (χ1) is 9.46. The Morgan fingerprint density at radius 2 is 1.60 bits per heavy atom. The van der Waals surface area contributed by atoms with Gasteiger partial charge in [0.25, 0.3) is 0 Å². The topological polar surface area (TPSA) is 33.4 Å². The van der Waals surface area contributed by atoms with Crippen molar-refractivity contribution in [1.82, 2.24) is 0 Å². The normalized spacial score (nSPS) is 14.4. The molecule has 3 aromatic rings. The van der Waals surface area contributed by atoms with Gasteiger partial charge in [-0.1, -0.05) is 35.3 Å². The molecule has 0 fully saturated rings. The fourth-order valence-electron chi connectivity index (χ4n) is 2.17. The molecule has 2 aromatic carbocycles. The van der Waals surface area contributed by atoms with Crippen LogP contribution in [0.25, 0.3) is 11.0 Å². The molecule has 0 radical (unpaired) electrons. The Balaban J connectivity index is 2.10. The molecular weight excluding hydrogens is 295 g/mol. The van der Waals surface area contributed by atoms with E-state index in [9.17, 15) is 5.11 Å². The Morgan fingerprint density at radius 1 is 0.950 bits per heavy atom. The minimum atomic E-state index is -1.23. The van der Waals surface area contributed by atoms with Gasteiger partial charge in [0.1, 0.15) is 16.9 Å². The lowest BCUT2D eigenvalue weighted by Gasteiger charge is -2.21. The third-order valence-corrected chi connectivity index (χ3v) is 3.85. The summed E-state index contributed by atoms with van der Waals surface area (Å²) in [5.74, 6) is 0.470. The van der Waals surface area contributed by atoms with Crippen molar-refractivity contribution in [3.05, 3.63) is 69.9 Å². The maximum atomic E-state index is 10.7. The number of hydrogen-bond donors (Lipinski definition) is 1. The van der Waals surface area contributed by atoms with E-state index in [0.29, 0.717) is 27.0 Å². The Bertz CT molecular complexity index is 758. The zero-order valence-corrected chi connectivity index (χ0v) is 12.2. The average molecular weight is 307 g/mol. The van der Waals surface area contributed by atoms with Gasteiger partial charge in [-0.05, 0) is 48.9 Å². The molecule has 0 aliphatic heterocycles. The lowest BCUT2D eigenvalue weighted by molar-refractivity contribution is 0.0786. The second-order valence-corrected chi connectivity index (χ2v) is 5.74. The van der Waals surface area contributed by atoms with E-state index in [0.717, 1.165) is 5.39 Å². The van der Waals surface area contributed by atoms with Gasteiger partial charge in [-0.15, -0.1) is 0 Å². The van der Waals surface area contributed by atoms with Crippen LogP contribution in [-0.2, 0) is 5.60 Å². The molecule has 102 valence electrons. The average Bonchev–Trinajstić information content (AvgIpc) is 2.83. The van der Waals surface area contributed by atoms with Crippen molar-refractivity contribution in [2.45, 2.75) is 12.5 Å². The van der Waals surface area contributed by atoms with Gasteiger partial charge in [0.15, 0.2) is 0 Å². The highest BCUT2D eigenvalue weighted by molar-refractivity contribution is 6.31. The zero-order chi connectivity index (χ0) is 14.3. The van der Waals surface area contributed by atoms with Crippen LogP contribution in [0.2, 0.25) is 10.0 Å². The van der Waals surface area contributed by atoms with Crippen LogP contribution in [0.1, 0.15) is 18.2 Å². The summed E-state index contributed by atoms with van der Waals surface area (Å²) in [7, 11) is 0. The minimum Gasteiger partial charge on any atom is -0.458 e. The predicted octanol–water partition coefficient (Wildman–Crippen LogP) is 5.00. The Labute approximate surface area is 126 Å². The standard InChI is InChI=1S/C16H12Cl2O2/c1-16(19,11-2-4-12(17)5-3-11)15-9-10-8-13(18)6-7-14(10)20-15/h2-9,19H,1H3. The van der Waals surface area contributed by atoms with Crippen LogP contribution in [-0.4, -0.2) is 5.11 Å². The maximum Gasteiger partial charge on any atom is 0.144 e. The first-order valence-corrected chi connectivity index (χ1v) is 6.90. The predicted molar refractivity (Wildman–Crippen MR) is 81.3 cm³/mol. The third kappa shape index (κ3) is 2.31. The summed E-state index contributed by atoms with van der Waals surface area (Å²) in [6.07, 6.45) is 0. The van der Waals surface area contributed by atoms with E-state index in [4.69, 9.17) is 27.6 Å². The maximum absolute atomic E-state index is 10.7. The van der Waals surface area contributed by atoms with Crippen molar-refractivity contribution in [3.8, 4) is 0 Å². The summed E-state index contributed by atoms with van der Waals surface area (Å²) in [6.45, 7) is 1.69. The summed E-state index contributed by atoms with van der Waals surface area (Å²) in [4.78, 5) is 0.